The summed E-state index contributed by atoms with van der Waals surface area (Å²) < 4.78 is 30.2. The summed E-state index contributed by atoms with van der Waals surface area (Å²) in [6.07, 6.45) is -2.96. The SMILES string of the molecule is NCC(OCCO)c1cccc(C(F)F)c1. The first kappa shape index (κ1) is 13.0. The monoisotopic (exact) mass is 231 g/mol. The highest BCUT2D eigenvalue weighted by atomic mass is 19.3. The molecule has 1 rings (SSSR count). The van der Waals surface area contributed by atoms with Gasteiger partial charge in [-0.25, -0.2) is 8.78 Å². The van der Waals surface area contributed by atoms with Crippen molar-refractivity contribution in [3.05, 3.63) is 35.4 Å². The zero-order valence-electron chi connectivity index (χ0n) is 8.77. The van der Waals surface area contributed by atoms with E-state index in [1.807, 2.05) is 0 Å². The first-order valence-electron chi connectivity index (χ1n) is 4.99. The molecule has 0 saturated carbocycles. The smallest absolute Gasteiger partial charge is 0.263 e. The zero-order valence-corrected chi connectivity index (χ0v) is 8.77. The maximum absolute atomic E-state index is 12.5. The highest BCUT2D eigenvalue weighted by molar-refractivity contribution is 5.26. The van der Waals surface area contributed by atoms with E-state index in [-0.39, 0.29) is 25.3 Å². The van der Waals surface area contributed by atoms with Crippen LogP contribution < -0.4 is 5.73 Å². The number of aliphatic hydroxyl groups excluding tert-OH is 1. The highest BCUT2D eigenvalue weighted by Crippen LogP contribution is 2.23. The van der Waals surface area contributed by atoms with Gasteiger partial charge in [0.25, 0.3) is 6.43 Å². The molecule has 3 N–H and O–H groups in total. The number of hydrogen-bond donors (Lipinski definition) is 2. The van der Waals surface area contributed by atoms with Gasteiger partial charge in [-0.2, -0.15) is 0 Å². The van der Waals surface area contributed by atoms with Crippen molar-refractivity contribution < 1.29 is 18.6 Å². The second-order valence-electron chi connectivity index (χ2n) is 3.29. The van der Waals surface area contributed by atoms with Gasteiger partial charge in [-0.1, -0.05) is 18.2 Å². The maximum atomic E-state index is 12.5. The van der Waals surface area contributed by atoms with E-state index < -0.39 is 12.5 Å². The van der Waals surface area contributed by atoms with Gasteiger partial charge in [0, 0.05) is 12.1 Å². The predicted molar refractivity (Wildman–Crippen MR) is 56.2 cm³/mol. The van der Waals surface area contributed by atoms with Gasteiger partial charge in [-0.05, 0) is 11.6 Å². The Morgan fingerprint density at radius 1 is 1.31 bits per heavy atom. The molecule has 0 aliphatic rings. The van der Waals surface area contributed by atoms with Gasteiger partial charge in [-0.15, -0.1) is 0 Å². The van der Waals surface area contributed by atoms with E-state index in [1.54, 1.807) is 12.1 Å². The average Bonchev–Trinajstić information content (AvgIpc) is 2.30. The Labute approximate surface area is 92.8 Å². The molecule has 0 amide bonds. The largest absolute Gasteiger partial charge is 0.394 e. The highest BCUT2D eigenvalue weighted by Gasteiger charge is 2.13. The van der Waals surface area contributed by atoms with Crippen molar-refractivity contribution in [1.82, 2.24) is 0 Å². The van der Waals surface area contributed by atoms with E-state index in [1.165, 1.54) is 12.1 Å². The third kappa shape index (κ3) is 3.52. The fraction of sp³-hybridized carbons (Fsp3) is 0.455. The van der Waals surface area contributed by atoms with Gasteiger partial charge in [0.2, 0.25) is 0 Å². The Hall–Kier alpha value is -1.04. The van der Waals surface area contributed by atoms with Crippen LogP contribution in [-0.4, -0.2) is 24.9 Å². The number of nitrogens with two attached hydrogens (primary N) is 1. The molecule has 5 heteroatoms. The lowest BCUT2D eigenvalue weighted by atomic mass is 10.1. The predicted octanol–water partition coefficient (Wildman–Crippen LogP) is 1.63. The minimum atomic E-state index is -2.50. The van der Waals surface area contributed by atoms with Crippen molar-refractivity contribution in [1.29, 1.82) is 0 Å². The summed E-state index contributed by atoms with van der Waals surface area (Å²) in [5.74, 6) is 0. The van der Waals surface area contributed by atoms with Crippen LogP contribution in [0.15, 0.2) is 24.3 Å². The van der Waals surface area contributed by atoms with Crippen LogP contribution in [0.2, 0.25) is 0 Å². The quantitative estimate of drug-likeness (QED) is 0.782. The molecule has 90 valence electrons. The lowest BCUT2D eigenvalue weighted by Gasteiger charge is -2.16. The molecule has 0 aliphatic carbocycles. The average molecular weight is 231 g/mol. The van der Waals surface area contributed by atoms with E-state index in [0.717, 1.165) is 0 Å². The van der Waals surface area contributed by atoms with Crippen molar-refractivity contribution in [2.75, 3.05) is 19.8 Å². The van der Waals surface area contributed by atoms with Gasteiger partial charge in [-0.3, -0.25) is 0 Å². The summed E-state index contributed by atoms with van der Waals surface area (Å²) in [6, 6.07) is 5.95. The number of alkyl halides is 2. The Morgan fingerprint density at radius 3 is 2.56 bits per heavy atom. The van der Waals surface area contributed by atoms with E-state index >= 15 is 0 Å². The van der Waals surface area contributed by atoms with Crippen LogP contribution in [-0.2, 0) is 4.74 Å². The van der Waals surface area contributed by atoms with Crippen molar-refractivity contribution in [2.24, 2.45) is 5.73 Å². The van der Waals surface area contributed by atoms with Gasteiger partial charge >= 0.3 is 0 Å². The summed E-state index contributed by atoms with van der Waals surface area (Å²) in [6.45, 7) is 0.207. The molecule has 1 aromatic carbocycles. The van der Waals surface area contributed by atoms with E-state index in [0.29, 0.717) is 5.56 Å². The minimum Gasteiger partial charge on any atom is -0.394 e. The summed E-state index contributed by atoms with van der Waals surface area (Å²) in [5, 5.41) is 8.61. The molecule has 0 radical (unpaired) electrons. The van der Waals surface area contributed by atoms with Gasteiger partial charge in [0.15, 0.2) is 0 Å². The summed E-state index contributed by atoms with van der Waals surface area (Å²) >= 11 is 0. The number of benzene rings is 1. The van der Waals surface area contributed by atoms with E-state index in [2.05, 4.69) is 0 Å². The Bertz CT molecular complexity index is 321. The van der Waals surface area contributed by atoms with Crippen LogP contribution >= 0.6 is 0 Å². The van der Waals surface area contributed by atoms with E-state index in [9.17, 15) is 8.78 Å². The molecule has 0 bridgehead atoms. The fourth-order valence-electron chi connectivity index (χ4n) is 1.39. The van der Waals surface area contributed by atoms with Crippen LogP contribution in [0.5, 0.6) is 0 Å². The number of hydrogen-bond acceptors (Lipinski definition) is 3. The number of aliphatic hydroxyl groups is 1. The lowest BCUT2D eigenvalue weighted by molar-refractivity contribution is 0.0326. The first-order valence-corrected chi connectivity index (χ1v) is 4.99. The molecule has 0 aromatic heterocycles. The van der Waals surface area contributed by atoms with Gasteiger partial charge in [0.05, 0.1) is 19.3 Å². The molecular weight excluding hydrogens is 216 g/mol. The molecule has 16 heavy (non-hydrogen) atoms. The van der Waals surface area contributed by atoms with Crippen molar-refractivity contribution >= 4 is 0 Å². The second-order valence-corrected chi connectivity index (χ2v) is 3.29. The molecular formula is C11H15F2NO2. The van der Waals surface area contributed by atoms with Gasteiger partial charge < -0.3 is 15.6 Å². The van der Waals surface area contributed by atoms with Crippen LogP contribution in [0.1, 0.15) is 23.7 Å². The van der Waals surface area contributed by atoms with Crippen LogP contribution in [0.4, 0.5) is 8.78 Å². The maximum Gasteiger partial charge on any atom is 0.263 e. The number of halogens is 2. The lowest BCUT2D eigenvalue weighted by Crippen LogP contribution is -2.17. The first-order chi connectivity index (χ1) is 7.69. The van der Waals surface area contributed by atoms with Crippen LogP contribution in [0, 0.1) is 0 Å². The Kier molecular flexibility index (Phi) is 5.31. The van der Waals surface area contributed by atoms with E-state index in [4.69, 9.17) is 15.6 Å². The Morgan fingerprint density at radius 2 is 2.00 bits per heavy atom. The normalized spacial score (nSPS) is 13.1. The second kappa shape index (κ2) is 6.52. The fourth-order valence-corrected chi connectivity index (χ4v) is 1.39. The minimum absolute atomic E-state index is 0.0523. The van der Waals surface area contributed by atoms with Crippen molar-refractivity contribution in [3.63, 3.8) is 0 Å². The summed E-state index contributed by atoms with van der Waals surface area (Å²) in [7, 11) is 0. The number of rotatable bonds is 6. The third-order valence-electron chi connectivity index (χ3n) is 2.16. The molecule has 1 atom stereocenters. The zero-order chi connectivity index (χ0) is 12.0. The molecule has 0 fully saturated rings. The Balaban J connectivity index is 2.79. The molecule has 1 aromatic rings. The van der Waals surface area contributed by atoms with Crippen LogP contribution in [0.25, 0.3) is 0 Å². The number of ether oxygens (including phenoxy) is 1. The molecule has 0 heterocycles. The van der Waals surface area contributed by atoms with Gasteiger partial charge in [0.1, 0.15) is 0 Å². The molecule has 1 unspecified atom stereocenters. The summed E-state index contributed by atoms with van der Waals surface area (Å²) in [5.41, 5.74) is 6.03. The molecule has 0 saturated heterocycles. The standard InChI is InChI=1S/C11H15F2NO2/c12-11(13)9-3-1-2-8(6-9)10(7-14)16-5-4-15/h1-3,6,10-11,15H,4-5,7,14H2. The van der Waals surface area contributed by atoms with Crippen molar-refractivity contribution in [3.8, 4) is 0 Å². The molecule has 3 nitrogen and oxygen atoms in total. The topological polar surface area (TPSA) is 55.5 Å². The van der Waals surface area contributed by atoms with Crippen molar-refractivity contribution in [2.45, 2.75) is 12.5 Å². The molecule has 0 aliphatic heterocycles. The summed E-state index contributed by atoms with van der Waals surface area (Å²) in [4.78, 5) is 0. The molecule has 0 spiro atoms. The third-order valence-corrected chi connectivity index (χ3v) is 2.16. The van der Waals surface area contributed by atoms with Crippen LogP contribution in [0.3, 0.4) is 0 Å².